The highest BCUT2D eigenvalue weighted by Crippen LogP contribution is 2.36. The van der Waals surface area contributed by atoms with Crippen LogP contribution < -0.4 is 10.1 Å². The molecule has 0 radical (unpaired) electrons. The molecule has 0 unspecified atom stereocenters. The number of nitrogens with one attached hydrogen (secondary N) is 1. The molecule has 0 aliphatic heterocycles. The molecule has 1 aromatic carbocycles. The van der Waals surface area contributed by atoms with Crippen LogP contribution >= 0.6 is 34.5 Å². The fourth-order valence-electron chi connectivity index (χ4n) is 1.70. The summed E-state index contributed by atoms with van der Waals surface area (Å²) in [4.78, 5) is 0.767. The second-order valence-corrected chi connectivity index (χ2v) is 5.68. The molecule has 0 atom stereocenters. The highest BCUT2D eigenvalue weighted by atomic mass is 35.5. The summed E-state index contributed by atoms with van der Waals surface area (Å²) < 4.78 is 10.8. The number of halogens is 2. The second-order valence-electron chi connectivity index (χ2n) is 3.95. The van der Waals surface area contributed by atoms with E-state index in [1.54, 1.807) is 25.3 Å². The van der Waals surface area contributed by atoms with Crippen molar-refractivity contribution in [3.63, 3.8) is 0 Å². The summed E-state index contributed by atoms with van der Waals surface area (Å²) in [6.45, 7) is 0. The summed E-state index contributed by atoms with van der Waals surface area (Å²) >= 11 is 13.6. The average Bonchev–Trinajstić information content (AvgIpc) is 3.11. The number of hydrogen-bond donors (Lipinski definition) is 1. The predicted octanol–water partition coefficient (Wildman–Crippen LogP) is 4.86. The van der Waals surface area contributed by atoms with E-state index in [4.69, 9.17) is 32.4 Å². The van der Waals surface area contributed by atoms with E-state index in [1.807, 2.05) is 11.4 Å². The Hall–Kier alpha value is -1.76. The van der Waals surface area contributed by atoms with Gasteiger partial charge >= 0.3 is 6.01 Å². The number of ether oxygens (including phenoxy) is 1. The minimum Gasteiger partial charge on any atom is -0.495 e. The van der Waals surface area contributed by atoms with Gasteiger partial charge in [0, 0.05) is 0 Å². The Bertz CT molecular complexity index is 752. The van der Waals surface area contributed by atoms with Crippen LogP contribution in [-0.2, 0) is 0 Å². The van der Waals surface area contributed by atoms with E-state index in [0.717, 1.165) is 4.88 Å². The molecule has 1 N–H and O–H groups in total. The SMILES string of the molecule is COc1ccsc1-c1nnc(Nc2c(Cl)cccc2Cl)o1. The highest BCUT2D eigenvalue weighted by molar-refractivity contribution is 7.13. The molecule has 3 rings (SSSR count). The van der Waals surface area contributed by atoms with Crippen LogP contribution in [0.4, 0.5) is 11.7 Å². The van der Waals surface area contributed by atoms with E-state index in [1.165, 1.54) is 11.3 Å². The van der Waals surface area contributed by atoms with Gasteiger partial charge in [0.05, 0.1) is 22.8 Å². The molecule has 3 aromatic rings. The van der Waals surface area contributed by atoms with Crippen molar-refractivity contribution in [2.75, 3.05) is 12.4 Å². The van der Waals surface area contributed by atoms with Gasteiger partial charge in [-0.05, 0) is 23.6 Å². The first-order valence-electron chi connectivity index (χ1n) is 5.85. The van der Waals surface area contributed by atoms with Crippen molar-refractivity contribution in [1.82, 2.24) is 10.2 Å². The number of thiophene rings is 1. The zero-order chi connectivity index (χ0) is 14.8. The van der Waals surface area contributed by atoms with E-state index in [0.29, 0.717) is 27.4 Å². The van der Waals surface area contributed by atoms with Crippen LogP contribution in [0.15, 0.2) is 34.1 Å². The molecule has 21 heavy (non-hydrogen) atoms. The van der Waals surface area contributed by atoms with Crippen LogP contribution in [0.5, 0.6) is 5.75 Å². The molecular formula is C13H9Cl2N3O2S. The highest BCUT2D eigenvalue weighted by Gasteiger charge is 2.16. The zero-order valence-electron chi connectivity index (χ0n) is 10.8. The van der Waals surface area contributed by atoms with E-state index in [9.17, 15) is 0 Å². The Morgan fingerprint density at radius 3 is 2.67 bits per heavy atom. The molecule has 0 saturated carbocycles. The molecule has 2 aromatic heterocycles. The second kappa shape index (κ2) is 5.93. The number of aromatic nitrogens is 2. The van der Waals surface area contributed by atoms with Crippen molar-refractivity contribution in [3.8, 4) is 16.5 Å². The smallest absolute Gasteiger partial charge is 0.320 e. The van der Waals surface area contributed by atoms with E-state index in [-0.39, 0.29) is 6.01 Å². The Morgan fingerprint density at radius 2 is 1.95 bits per heavy atom. The minimum atomic E-state index is 0.204. The number of nitrogens with zero attached hydrogens (tertiary/aromatic N) is 2. The largest absolute Gasteiger partial charge is 0.495 e. The molecule has 0 aliphatic carbocycles. The fourth-order valence-corrected chi connectivity index (χ4v) is 2.97. The maximum absolute atomic E-state index is 6.08. The monoisotopic (exact) mass is 341 g/mol. The van der Waals surface area contributed by atoms with Gasteiger partial charge in [-0.1, -0.05) is 34.4 Å². The first-order valence-corrected chi connectivity index (χ1v) is 7.49. The summed E-state index contributed by atoms with van der Waals surface area (Å²) in [5.74, 6) is 1.05. The van der Waals surface area contributed by atoms with E-state index in [2.05, 4.69) is 15.5 Å². The van der Waals surface area contributed by atoms with Gasteiger partial charge in [-0.25, -0.2) is 0 Å². The maximum Gasteiger partial charge on any atom is 0.320 e. The molecule has 2 heterocycles. The van der Waals surface area contributed by atoms with Gasteiger partial charge in [0.15, 0.2) is 0 Å². The molecule has 0 amide bonds. The van der Waals surface area contributed by atoms with Gasteiger partial charge in [0.1, 0.15) is 10.6 Å². The lowest BCUT2D eigenvalue weighted by molar-refractivity contribution is 0.416. The maximum atomic E-state index is 6.08. The quantitative estimate of drug-likeness (QED) is 0.734. The molecule has 108 valence electrons. The molecule has 0 saturated heterocycles. The van der Waals surface area contributed by atoms with Crippen molar-refractivity contribution in [2.45, 2.75) is 0 Å². The van der Waals surface area contributed by atoms with Gasteiger partial charge in [-0.15, -0.1) is 16.4 Å². The van der Waals surface area contributed by atoms with E-state index >= 15 is 0 Å². The van der Waals surface area contributed by atoms with Crippen LogP contribution in [0.2, 0.25) is 10.0 Å². The van der Waals surface area contributed by atoms with E-state index < -0.39 is 0 Å². The number of hydrogen-bond acceptors (Lipinski definition) is 6. The third-order valence-electron chi connectivity index (χ3n) is 2.66. The van der Waals surface area contributed by atoms with Gasteiger partial charge in [0.2, 0.25) is 0 Å². The Kier molecular flexibility index (Phi) is 4.01. The fraction of sp³-hybridized carbons (Fsp3) is 0.0769. The van der Waals surface area contributed by atoms with Crippen LogP contribution in [-0.4, -0.2) is 17.3 Å². The third-order valence-corrected chi connectivity index (χ3v) is 4.18. The predicted molar refractivity (Wildman–Crippen MR) is 83.9 cm³/mol. The van der Waals surface area contributed by atoms with Gasteiger partial charge in [-0.2, -0.15) is 0 Å². The number of rotatable bonds is 4. The Labute approximate surface area is 134 Å². The summed E-state index contributed by atoms with van der Waals surface area (Å²) in [5, 5.41) is 13.7. The zero-order valence-corrected chi connectivity index (χ0v) is 13.1. The van der Waals surface area contributed by atoms with Crippen molar-refractivity contribution in [1.29, 1.82) is 0 Å². The molecule has 0 bridgehead atoms. The minimum absolute atomic E-state index is 0.204. The molecular weight excluding hydrogens is 333 g/mol. The van der Waals surface area contributed by atoms with Crippen molar-refractivity contribution in [2.24, 2.45) is 0 Å². The standard InChI is InChI=1S/C13H9Cl2N3O2S/c1-19-9-5-6-21-11(9)12-17-18-13(20-12)16-10-7(14)3-2-4-8(10)15/h2-6H,1H3,(H,16,18). The average molecular weight is 342 g/mol. The lowest BCUT2D eigenvalue weighted by atomic mass is 10.3. The van der Waals surface area contributed by atoms with Gasteiger partial charge < -0.3 is 14.5 Å². The van der Waals surface area contributed by atoms with Crippen molar-refractivity contribution < 1.29 is 9.15 Å². The van der Waals surface area contributed by atoms with Gasteiger partial charge in [0.25, 0.3) is 5.89 Å². The number of benzene rings is 1. The summed E-state index contributed by atoms with van der Waals surface area (Å²) in [7, 11) is 1.59. The Morgan fingerprint density at radius 1 is 1.19 bits per heavy atom. The van der Waals surface area contributed by atoms with Crippen LogP contribution in [0.3, 0.4) is 0 Å². The molecule has 0 spiro atoms. The van der Waals surface area contributed by atoms with Crippen LogP contribution in [0, 0.1) is 0 Å². The molecule has 8 heteroatoms. The van der Waals surface area contributed by atoms with Crippen molar-refractivity contribution in [3.05, 3.63) is 39.7 Å². The summed E-state index contributed by atoms with van der Waals surface area (Å²) in [5.41, 5.74) is 0.522. The normalized spacial score (nSPS) is 10.6. The number of anilines is 2. The molecule has 5 nitrogen and oxygen atoms in total. The lowest BCUT2D eigenvalue weighted by Crippen LogP contribution is -1.92. The van der Waals surface area contributed by atoms with Gasteiger partial charge in [-0.3, -0.25) is 0 Å². The first kappa shape index (κ1) is 14.2. The number of para-hydroxylation sites is 1. The lowest BCUT2D eigenvalue weighted by Gasteiger charge is -2.05. The number of methoxy groups -OCH3 is 1. The van der Waals surface area contributed by atoms with Crippen LogP contribution in [0.25, 0.3) is 10.8 Å². The molecule has 0 aliphatic rings. The topological polar surface area (TPSA) is 60.2 Å². The molecule has 0 fully saturated rings. The Balaban J connectivity index is 1.89. The first-order chi connectivity index (χ1) is 10.2. The summed E-state index contributed by atoms with van der Waals surface area (Å²) in [6.07, 6.45) is 0. The summed E-state index contributed by atoms with van der Waals surface area (Å²) in [6, 6.07) is 7.23. The van der Waals surface area contributed by atoms with Crippen LogP contribution in [0.1, 0.15) is 0 Å². The third kappa shape index (κ3) is 2.83. The van der Waals surface area contributed by atoms with Crippen molar-refractivity contribution >= 4 is 46.2 Å².